The van der Waals surface area contributed by atoms with Crippen molar-refractivity contribution in [3.05, 3.63) is 54.0 Å². The van der Waals surface area contributed by atoms with E-state index in [-0.39, 0.29) is 23.8 Å². The maximum absolute atomic E-state index is 12.5. The molecule has 2 heterocycles. The van der Waals surface area contributed by atoms with E-state index in [1.54, 1.807) is 12.1 Å². The van der Waals surface area contributed by atoms with Gasteiger partial charge in [0, 0.05) is 6.08 Å². The summed E-state index contributed by atoms with van der Waals surface area (Å²) in [6.07, 6.45) is 4.30. The topological polar surface area (TPSA) is 122 Å². The number of carboxylic acids is 1. The van der Waals surface area contributed by atoms with Gasteiger partial charge < -0.3 is 24.6 Å². The van der Waals surface area contributed by atoms with Crippen LogP contribution in [0.5, 0.6) is 0 Å². The second-order valence-electron chi connectivity index (χ2n) is 6.00. The first kappa shape index (κ1) is 19.0. The second kappa shape index (κ2) is 8.70. The van der Waals surface area contributed by atoms with Crippen LogP contribution in [0.2, 0.25) is 0 Å². The number of rotatable bonds is 8. The first-order chi connectivity index (χ1) is 12.4. The van der Waals surface area contributed by atoms with Gasteiger partial charge in [0.15, 0.2) is 5.76 Å². The van der Waals surface area contributed by atoms with Crippen LogP contribution < -0.4 is 10.6 Å². The van der Waals surface area contributed by atoms with Crippen LogP contribution in [0.1, 0.15) is 36.6 Å². The molecule has 26 heavy (non-hydrogen) atoms. The minimum atomic E-state index is -1.15. The highest BCUT2D eigenvalue weighted by Crippen LogP contribution is 2.10. The monoisotopic (exact) mass is 360 g/mol. The number of carbonyl (C=O) groups excluding carboxylic acids is 2. The van der Waals surface area contributed by atoms with Gasteiger partial charge >= 0.3 is 5.97 Å². The standard InChI is InChI=1S/C18H20N2O6/c1-11(2)9-14(18(23)24)20-16(21)13(10-12-5-3-7-25-12)19-17(22)15-6-4-8-26-15/h3-8,10-11,14H,9H2,1-2H3,(H,19,22)(H,20,21)(H,23,24)/b13-10+/t14-/m1/s1. The van der Waals surface area contributed by atoms with E-state index in [0.29, 0.717) is 5.76 Å². The van der Waals surface area contributed by atoms with E-state index in [9.17, 15) is 19.5 Å². The van der Waals surface area contributed by atoms with E-state index >= 15 is 0 Å². The summed E-state index contributed by atoms with van der Waals surface area (Å²) >= 11 is 0. The fourth-order valence-corrected chi connectivity index (χ4v) is 2.19. The second-order valence-corrected chi connectivity index (χ2v) is 6.00. The molecule has 0 bridgehead atoms. The predicted molar refractivity (Wildman–Crippen MR) is 91.9 cm³/mol. The van der Waals surface area contributed by atoms with Crippen LogP contribution in [0.3, 0.4) is 0 Å². The lowest BCUT2D eigenvalue weighted by Crippen LogP contribution is -2.44. The SMILES string of the molecule is CC(C)C[C@@H](NC(=O)/C(=C\c1ccco1)NC(=O)c1ccco1)C(=O)O. The summed E-state index contributed by atoms with van der Waals surface area (Å²) in [5, 5.41) is 14.1. The Bertz CT molecular complexity index is 775. The minimum absolute atomic E-state index is 0.0140. The Hall–Kier alpha value is -3.29. The quantitative estimate of drug-likeness (QED) is 0.621. The van der Waals surface area contributed by atoms with Gasteiger partial charge in [-0.15, -0.1) is 0 Å². The van der Waals surface area contributed by atoms with Crippen molar-refractivity contribution in [1.29, 1.82) is 0 Å². The average Bonchev–Trinajstić information content (AvgIpc) is 3.26. The number of hydrogen-bond acceptors (Lipinski definition) is 5. The molecule has 2 aromatic rings. The third-order valence-corrected chi connectivity index (χ3v) is 3.38. The lowest BCUT2D eigenvalue weighted by Gasteiger charge is -2.17. The summed E-state index contributed by atoms with van der Waals surface area (Å²) in [4.78, 5) is 36.1. The number of aliphatic carboxylic acids is 1. The van der Waals surface area contributed by atoms with E-state index in [1.165, 1.54) is 30.7 Å². The summed E-state index contributed by atoms with van der Waals surface area (Å²) in [7, 11) is 0. The third kappa shape index (κ3) is 5.37. The van der Waals surface area contributed by atoms with Crippen molar-refractivity contribution in [1.82, 2.24) is 10.6 Å². The van der Waals surface area contributed by atoms with Crippen molar-refractivity contribution >= 4 is 23.9 Å². The van der Waals surface area contributed by atoms with Crippen LogP contribution in [0.4, 0.5) is 0 Å². The van der Waals surface area contributed by atoms with Gasteiger partial charge in [-0.25, -0.2) is 4.79 Å². The number of amides is 2. The highest BCUT2D eigenvalue weighted by molar-refractivity contribution is 6.05. The van der Waals surface area contributed by atoms with Gasteiger partial charge in [0.05, 0.1) is 12.5 Å². The van der Waals surface area contributed by atoms with Crippen LogP contribution in [0.25, 0.3) is 6.08 Å². The molecule has 0 aliphatic heterocycles. The molecule has 8 nitrogen and oxygen atoms in total. The Morgan fingerprint density at radius 2 is 1.85 bits per heavy atom. The highest BCUT2D eigenvalue weighted by atomic mass is 16.4. The van der Waals surface area contributed by atoms with E-state index in [0.717, 1.165) is 0 Å². The average molecular weight is 360 g/mol. The van der Waals surface area contributed by atoms with Gasteiger partial charge in [0.1, 0.15) is 17.5 Å². The molecule has 0 saturated carbocycles. The van der Waals surface area contributed by atoms with Crippen LogP contribution in [-0.4, -0.2) is 28.9 Å². The number of carbonyl (C=O) groups is 3. The molecule has 0 aliphatic rings. The maximum atomic E-state index is 12.5. The van der Waals surface area contributed by atoms with Crippen LogP contribution in [0, 0.1) is 5.92 Å². The lowest BCUT2D eigenvalue weighted by molar-refractivity contribution is -0.141. The zero-order chi connectivity index (χ0) is 19.1. The molecule has 2 aromatic heterocycles. The molecule has 0 aliphatic carbocycles. The first-order valence-corrected chi connectivity index (χ1v) is 8.00. The van der Waals surface area contributed by atoms with Crippen molar-refractivity contribution in [2.75, 3.05) is 0 Å². The molecule has 0 fully saturated rings. The Kier molecular flexibility index (Phi) is 6.37. The Labute approximate surface area is 149 Å². The first-order valence-electron chi connectivity index (χ1n) is 8.00. The van der Waals surface area contributed by atoms with E-state index in [1.807, 2.05) is 13.8 Å². The van der Waals surface area contributed by atoms with Crippen LogP contribution in [-0.2, 0) is 9.59 Å². The summed E-state index contributed by atoms with van der Waals surface area (Å²) in [5.74, 6) is -2.13. The maximum Gasteiger partial charge on any atom is 0.326 e. The minimum Gasteiger partial charge on any atom is -0.480 e. The van der Waals surface area contributed by atoms with Gasteiger partial charge in [0.25, 0.3) is 11.8 Å². The molecule has 0 saturated heterocycles. The van der Waals surface area contributed by atoms with Gasteiger partial charge in [-0.2, -0.15) is 0 Å². The molecular weight excluding hydrogens is 340 g/mol. The summed E-state index contributed by atoms with van der Waals surface area (Å²) in [5.41, 5.74) is -0.156. The molecule has 0 radical (unpaired) electrons. The van der Waals surface area contributed by atoms with Crippen LogP contribution >= 0.6 is 0 Å². The van der Waals surface area contributed by atoms with Gasteiger partial charge in [-0.05, 0) is 36.6 Å². The fraction of sp³-hybridized carbons (Fsp3) is 0.278. The van der Waals surface area contributed by atoms with Gasteiger partial charge in [-0.3, -0.25) is 9.59 Å². The summed E-state index contributed by atoms with van der Waals surface area (Å²) < 4.78 is 10.2. The van der Waals surface area contributed by atoms with Crippen LogP contribution in [0.15, 0.2) is 51.3 Å². The molecular formula is C18H20N2O6. The Morgan fingerprint density at radius 1 is 1.15 bits per heavy atom. The predicted octanol–water partition coefficient (Wildman–Crippen LogP) is 2.26. The van der Waals surface area contributed by atoms with E-state index < -0.39 is 23.8 Å². The summed E-state index contributed by atoms with van der Waals surface area (Å²) in [6.45, 7) is 3.70. The molecule has 2 amide bonds. The van der Waals surface area contributed by atoms with Crippen molar-refractivity contribution in [3.63, 3.8) is 0 Å². The molecule has 0 spiro atoms. The molecule has 0 unspecified atom stereocenters. The number of hydrogen-bond donors (Lipinski definition) is 3. The fourth-order valence-electron chi connectivity index (χ4n) is 2.19. The highest BCUT2D eigenvalue weighted by Gasteiger charge is 2.24. The summed E-state index contributed by atoms with van der Waals surface area (Å²) in [6, 6.07) is 5.11. The van der Waals surface area contributed by atoms with Crippen molar-refractivity contribution in [3.8, 4) is 0 Å². The number of carboxylic acid groups (broad SMARTS) is 1. The largest absolute Gasteiger partial charge is 0.480 e. The number of furan rings is 2. The molecule has 138 valence electrons. The molecule has 1 atom stereocenters. The Balaban J connectivity index is 2.21. The Morgan fingerprint density at radius 3 is 2.38 bits per heavy atom. The van der Waals surface area contributed by atoms with Crippen molar-refractivity contribution in [2.45, 2.75) is 26.3 Å². The van der Waals surface area contributed by atoms with Crippen molar-refractivity contribution < 1.29 is 28.3 Å². The third-order valence-electron chi connectivity index (χ3n) is 3.38. The zero-order valence-electron chi connectivity index (χ0n) is 14.4. The van der Waals surface area contributed by atoms with Gasteiger partial charge in [-0.1, -0.05) is 13.8 Å². The van der Waals surface area contributed by atoms with E-state index in [2.05, 4.69) is 10.6 Å². The normalized spacial score (nSPS) is 12.7. The van der Waals surface area contributed by atoms with Crippen molar-refractivity contribution in [2.24, 2.45) is 5.92 Å². The van der Waals surface area contributed by atoms with E-state index in [4.69, 9.17) is 8.83 Å². The molecule has 0 aromatic carbocycles. The smallest absolute Gasteiger partial charge is 0.326 e. The van der Waals surface area contributed by atoms with Gasteiger partial charge in [0.2, 0.25) is 0 Å². The molecule has 8 heteroatoms. The lowest BCUT2D eigenvalue weighted by atomic mass is 10.0. The zero-order valence-corrected chi connectivity index (χ0v) is 14.4. The molecule has 2 rings (SSSR count). The number of nitrogens with one attached hydrogen (secondary N) is 2. The molecule has 3 N–H and O–H groups in total.